The number of nitrogens with zero attached hydrogens (tertiary/aromatic N) is 2. The average Bonchev–Trinajstić information content (AvgIpc) is 2.30. The number of alkyl halides is 1. The monoisotopic (exact) mass is 155 g/mol. The van der Waals surface area contributed by atoms with Crippen molar-refractivity contribution >= 4 is 0 Å². The second-order valence-electron chi connectivity index (χ2n) is 2.49. The molecule has 0 aliphatic carbocycles. The third-order valence-electron chi connectivity index (χ3n) is 1.73. The van der Waals surface area contributed by atoms with Gasteiger partial charge < -0.3 is 10.2 Å². The van der Waals surface area contributed by atoms with Crippen LogP contribution < -0.4 is 5.32 Å². The van der Waals surface area contributed by atoms with Crippen LogP contribution in [0.3, 0.4) is 0 Å². The molecule has 0 aromatic rings. The number of hydrogen-bond donors (Lipinski definition) is 1. The summed E-state index contributed by atoms with van der Waals surface area (Å²) in [4.78, 5) is 1.42. The van der Waals surface area contributed by atoms with Gasteiger partial charge in [-0.3, -0.25) is 0 Å². The lowest BCUT2D eigenvalue weighted by Gasteiger charge is -2.27. The highest BCUT2D eigenvalue weighted by atomic mass is 19.1. The van der Waals surface area contributed by atoms with Crippen LogP contribution >= 0.6 is 0 Å². The largest absolute Gasteiger partial charge is 0.341 e. The van der Waals surface area contributed by atoms with Gasteiger partial charge >= 0.3 is 0 Å². The Bertz CT molecular complexity index is 208. The van der Waals surface area contributed by atoms with Crippen LogP contribution in [0.1, 0.15) is 12.8 Å². The quantitative estimate of drug-likeness (QED) is 0.603. The molecule has 0 aromatic carbocycles. The van der Waals surface area contributed by atoms with E-state index >= 15 is 0 Å². The topological polar surface area (TPSA) is 39.1 Å². The molecule has 0 bridgehead atoms. The average molecular weight is 155 g/mol. The molecule has 0 aromatic heterocycles. The molecule has 0 fully saturated rings. The van der Waals surface area contributed by atoms with Crippen molar-refractivity contribution in [1.29, 1.82) is 5.26 Å². The summed E-state index contributed by atoms with van der Waals surface area (Å²) >= 11 is 0. The molecule has 0 spiro atoms. The predicted molar refractivity (Wildman–Crippen MR) is 38.7 cm³/mol. The van der Waals surface area contributed by atoms with Gasteiger partial charge in [-0.2, -0.15) is 9.65 Å². The highest BCUT2D eigenvalue weighted by molar-refractivity contribution is 4.98. The molecule has 4 heteroatoms. The summed E-state index contributed by atoms with van der Waals surface area (Å²) in [6, 6.07) is 1.91. The standard InChI is InChI=1S/C7H10FN3/c1-11-6-5-10-7(11,8)3-2-4-9/h5-6,10H,2-3H2,1H3. The highest BCUT2D eigenvalue weighted by Gasteiger charge is 2.34. The smallest absolute Gasteiger partial charge is 0.257 e. The first-order valence-corrected chi connectivity index (χ1v) is 3.42. The summed E-state index contributed by atoms with van der Waals surface area (Å²) in [7, 11) is 1.63. The van der Waals surface area contributed by atoms with Gasteiger partial charge in [0.15, 0.2) is 0 Å². The lowest BCUT2D eigenvalue weighted by Crippen LogP contribution is -2.45. The minimum atomic E-state index is -1.55. The number of nitriles is 1. The summed E-state index contributed by atoms with van der Waals surface area (Å²) in [6.07, 6.45) is 3.55. The number of nitrogens with one attached hydrogen (secondary N) is 1. The van der Waals surface area contributed by atoms with Gasteiger partial charge in [0.05, 0.1) is 6.07 Å². The molecule has 0 radical (unpaired) electrons. The fourth-order valence-electron chi connectivity index (χ4n) is 0.967. The molecular weight excluding hydrogens is 145 g/mol. The highest BCUT2D eigenvalue weighted by Crippen LogP contribution is 2.22. The van der Waals surface area contributed by atoms with Gasteiger partial charge in [0, 0.05) is 32.3 Å². The summed E-state index contributed by atoms with van der Waals surface area (Å²) < 4.78 is 13.5. The Kier molecular flexibility index (Phi) is 1.99. The third kappa shape index (κ3) is 1.43. The predicted octanol–water partition coefficient (Wildman–Crippen LogP) is 0.920. The molecule has 11 heavy (non-hydrogen) atoms. The summed E-state index contributed by atoms with van der Waals surface area (Å²) in [5.41, 5.74) is 0. The van der Waals surface area contributed by atoms with E-state index in [-0.39, 0.29) is 12.8 Å². The van der Waals surface area contributed by atoms with Crippen molar-refractivity contribution in [3.63, 3.8) is 0 Å². The van der Waals surface area contributed by atoms with E-state index in [2.05, 4.69) is 5.32 Å². The van der Waals surface area contributed by atoms with E-state index in [0.717, 1.165) is 0 Å². The summed E-state index contributed by atoms with van der Waals surface area (Å²) in [6.45, 7) is 0. The Labute approximate surface area is 65.1 Å². The Morgan fingerprint density at radius 2 is 2.55 bits per heavy atom. The normalized spacial score (nSPS) is 28.3. The van der Waals surface area contributed by atoms with Crippen molar-refractivity contribution in [1.82, 2.24) is 10.2 Å². The molecule has 0 amide bonds. The van der Waals surface area contributed by atoms with Gasteiger partial charge in [0.25, 0.3) is 5.92 Å². The van der Waals surface area contributed by atoms with Crippen molar-refractivity contribution in [2.24, 2.45) is 0 Å². The van der Waals surface area contributed by atoms with E-state index < -0.39 is 5.92 Å². The van der Waals surface area contributed by atoms with E-state index in [0.29, 0.717) is 0 Å². The van der Waals surface area contributed by atoms with Crippen molar-refractivity contribution < 1.29 is 4.39 Å². The van der Waals surface area contributed by atoms with Crippen LogP contribution in [-0.2, 0) is 0 Å². The van der Waals surface area contributed by atoms with Crippen LogP contribution in [0.15, 0.2) is 12.4 Å². The lowest BCUT2D eigenvalue weighted by molar-refractivity contribution is 0.00530. The summed E-state index contributed by atoms with van der Waals surface area (Å²) in [5.74, 6) is -1.55. The zero-order valence-electron chi connectivity index (χ0n) is 6.34. The summed E-state index contributed by atoms with van der Waals surface area (Å²) in [5, 5.41) is 10.8. The van der Waals surface area contributed by atoms with Crippen molar-refractivity contribution in [2.75, 3.05) is 7.05 Å². The Balaban J connectivity index is 2.49. The molecule has 0 saturated carbocycles. The van der Waals surface area contributed by atoms with E-state index in [9.17, 15) is 4.39 Å². The first kappa shape index (κ1) is 7.86. The maximum absolute atomic E-state index is 13.5. The maximum Gasteiger partial charge on any atom is 0.257 e. The zero-order chi connectivity index (χ0) is 8.32. The Morgan fingerprint density at radius 1 is 1.82 bits per heavy atom. The molecule has 60 valence electrons. The van der Waals surface area contributed by atoms with Gasteiger partial charge in [0.1, 0.15) is 0 Å². The number of rotatable bonds is 2. The van der Waals surface area contributed by atoms with Gasteiger partial charge in [0.2, 0.25) is 0 Å². The fourth-order valence-corrected chi connectivity index (χ4v) is 0.967. The molecular formula is C7H10FN3. The molecule has 1 unspecified atom stereocenters. The van der Waals surface area contributed by atoms with Gasteiger partial charge in [-0.05, 0) is 0 Å². The van der Waals surface area contributed by atoms with Gasteiger partial charge in [-0.15, -0.1) is 0 Å². The first-order valence-electron chi connectivity index (χ1n) is 3.42. The molecule has 1 rings (SSSR count). The van der Waals surface area contributed by atoms with Crippen molar-refractivity contribution in [3.8, 4) is 6.07 Å². The van der Waals surface area contributed by atoms with Crippen molar-refractivity contribution in [2.45, 2.75) is 18.8 Å². The van der Waals surface area contributed by atoms with Crippen LogP contribution in [0.25, 0.3) is 0 Å². The van der Waals surface area contributed by atoms with Crippen LogP contribution in [0.5, 0.6) is 0 Å². The minimum absolute atomic E-state index is 0.188. The van der Waals surface area contributed by atoms with Crippen LogP contribution in [0, 0.1) is 11.3 Å². The van der Waals surface area contributed by atoms with E-state index in [1.807, 2.05) is 6.07 Å². The molecule has 1 N–H and O–H groups in total. The Hall–Kier alpha value is -1.24. The van der Waals surface area contributed by atoms with Crippen molar-refractivity contribution in [3.05, 3.63) is 12.4 Å². The molecule has 1 aliphatic heterocycles. The maximum atomic E-state index is 13.5. The molecule has 1 heterocycles. The molecule has 1 atom stereocenters. The number of hydrogen-bond acceptors (Lipinski definition) is 3. The fraction of sp³-hybridized carbons (Fsp3) is 0.571. The van der Waals surface area contributed by atoms with E-state index in [4.69, 9.17) is 5.26 Å². The molecule has 0 saturated heterocycles. The zero-order valence-corrected chi connectivity index (χ0v) is 6.34. The first-order chi connectivity index (χ1) is 5.19. The molecule has 1 aliphatic rings. The lowest BCUT2D eigenvalue weighted by atomic mass is 10.2. The SMILES string of the molecule is CN1C=CNC1(F)CCC#N. The van der Waals surface area contributed by atoms with E-state index in [1.165, 1.54) is 11.1 Å². The van der Waals surface area contributed by atoms with Gasteiger partial charge in [-0.1, -0.05) is 0 Å². The van der Waals surface area contributed by atoms with Crippen LogP contribution in [0.4, 0.5) is 4.39 Å². The minimum Gasteiger partial charge on any atom is -0.341 e. The van der Waals surface area contributed by atoms with Crippen LogP contribution in [-0.4, -0.2) is 17.9 Å². The van der Waals surface area contributed by atoms with E-state index in [1.54, 1.807) is 13.2 Å². The van der Waals surface area contributed by atoms with Gasteiger partial charge in [-0.25, -0.2) is 0 Å². The molecule has 3 nitrogen and oxygen atoms in total. The second kappa shape index (κ2) is 2.79. The second-order valence-corrected chi connectivity index (χ2v) is 2.49. The Morgan fingerprint density at radius 3 is 3.00 bits per heavy atom. The van der Waals surface area contributed by atoms with Crippen LogP contribution in [0.2, 0.25) is 0 Å². The third-order valence-corrected chi connectivity index (χ3v) is 1.73. The number of halogens is 1.